The minimum absolute atomic E-state index is 0.245. The van der Waals surface area contributed by atoms with Gasteiger partial charge in [0.15, 0.2) is 0 Å². The zero-order valence-corrected chi connectivity index (χ0v) is 14.6. The first-order chi connectivity index (χ1) is 11.0. The van der Waals surface area contributed by atoms with Gasteiger partial charge in [-0.15, -0.1) is 0 Å². The van der Waals surface area contributed by atoms with Gasteiger partial charge in [-0.1, -0.05) is 6.92 Å². The molecule has 1 fully saturated rings. The normalized spacial score (nSPS) is 19.0. The van der Waals surface area contributed by atoms with Crippen LogP contribution in [0.5, 0.6) is 0 Å². The molecule has 0 bridgehead atoms. The molecule has 0 radical (unpaired) electrons. The monoisotopic (exact) mass is 317 g/mol. The number of likely N-dealkylation sites (tertiary alicyclic amines) is 1. The number of carbonyl (C=O) groups excluding carboxylic acids is 1. The average molecular weight is 317 g/mol. The van der Waals surface area contributed by atoms with Crippen LogP contribution in [0.4, 0.5) is 0 Å². The minimum Gasteiger partial charge on any atom is -0.342 e. The van der Waals surface area contributed by atoms with Crippen molar-refractivity contribution in [1.29, 1.82) is 0 Å². The van der Waals surface area contributed by atoms with Crippen molar-refractivity contribution in [2.24, 2.45) is 5.92 Å². The first-order valence-electron chi connectivity index (χ1n) is 8.65. The first-order valence-corrected chi connectivity index (χ1v) is 8.65. The summed E-state index contributed by atoms with van der Waals surface area (Å²) in [6.45, 7) is 10.9. The molecule has 0 saturated carbocycles. The molecule has 23 heavy (non-hydrogen) atoms. The van der Waals surface area contributed by atoms with Crippen LogP contribution < -0.4 is 0 Å². The second kappa shape index (κ2) is 6.34. The van der Waals surface area contributed by atoms with Gasteiger partial charge in [-0.3, -0.25) is 14.2 Å². The van der Waals surface area contributed by atoms with Crippen LogP contribution in [0.15, 0.2) is 6.20 Å². The zero-order chi connectivity index (χ0) is 16.6. The predicted octanol–water partition coefficient (Wildman–Crippen LogP) is 2.77. The lowest BCUT2D eigenvalue weighted by atomic mass is 10.00. The number of aryl methyl sites for hydroxylation is 2. The highest BCUT2D eigenvalue weighted by molar-refractivity contribution is 5.79. The molecule has 1 aliphatic heterocycles. The first kappa shape index (κ1) is 16.0. The Hall–Kier alpha value is -1.85. The predicted molar refractivity (Wildman–Crippen MR) is 90.2 cm³/mol. The van der Waals surface area contributed by atoms with Crippen LogP contribution in [0.2, 0.25) is 0 Å². The minimum atomic E-state index is 0.245. The highest BCUT2D eigenvalue weighted by Crippen LogP contribution is 2.22. The van der Waals surface area contributed by atoms with Crippen molar-refractivity contribution in [2.75, 3.05) is 13.1 Å². The van der Waals surface area contributed by atoms with E-state index in [1.54, 1.807) is 0 Å². The quantitative estimate of drug-likeness (QED) is 0.871. The van der Waals surface area contributed by atoms with Crippen LogP contribution in [-0.4, -0.2) is 43.5 Å². The molecular weight excluding hydrogens is 290 g/mol. The number of fused-ring (bicyclic) bond motifs is 1. The number of hydrogen-bond acceptors (Lipinski definition) is 3. The molecule has 0 aliphatic carbocycles. The summed E-state index contributed by atoms with van der Waals surface area (Å²) in [6.07, 6.45) is 4.73. The van der Waals surface area contributed by atoms with Crippen molar-refractivity contribution in [3.8, 4) is 0 Å². The molecule has 126 valence electrons. The van der Waals surface area contributed by atoms with Crippen molar-refractivity contribution < 1.29 is 4.79 Å². The summed E-state index contributed by atoms with van der Waals surface area (Å²) in [4.78, 5) is 14.5. The zero-order valence-electron chi connectivity index (χ0n) is 14.6. The van der Waals surface area contributed by atoms with Crippen molar-refractivity contribution in [2.45, 2.75) is 59.5 Å². The third kappa shape index (κ3) is 3.12. The largest absolute Gasteiger partial charge is 0.342 e. The van der Waals surface area contributed by atoms with E-state index >= 15 is 0 Å². The molecule has 1 aliphatic rings. The number of carbonyl (C=O) groups is 1. The van der Waals surface area contributed by atoms with Gasteiger partial charge in [-0.2, -0.15) is 10.2 Å². The molecule has 3 rings (SSSR count). The van der Waals surface area contributed by atoms with E-state index in [0.29, 0.717) is 24.9 Å². The van der Waals surface area contributed by atoms with E-state index in [-0.39, 0.29) is 5.91 Å². The Balaban J connectivity index is 1.71. The van der Waals surface area contributed by atoms with Crippen LogP contribution in [0.1, 0.15) is 51.8 Å². The van der Waals surface area contributed by atoms with Gasteiger partial charge < -0.3 is 4.90 Å². The summed E-state index contributed by atoms with van der Waals surface area (Å²) in [5.74, 6) is 0.865. The standard InChI is InChI=1S/C17H27N5O/c1-12(2)22-15-10-18-21(17(15)14(4)19-22)9-7-16(23)20-8-5-6-13(3)11-20/h10,12-13H,5-9,11H2,1-4H3. The molecule has 2 aromatic heterocycles. The number of rotatable bonds is 4. The van der Waals surface area contributed by atoms with Crippen LogP contribution in [0.3, 0.4) is 0 Å². The topological polar surface area (TPSA) is 56.0 Å². The molecule has 1 unspecified atom stereocenters. The van der Waals surface area contributed by atoms with E-state index < -0.39 is 0 Å². The molecule has 1 atom stereocenters. The van der Waals surface area contributed by atoms with Gasteiger partial charge in [0.1, 0.15) is 11.0 Å². The Kier molecular flexibility index (Phi) is 4.41. The van der Waals surface area contributed by atoms with Crippen molar-refractivity contribution in [3.63, 3.8) is 0 Å². The van der Waals surface area contributed by atoms with Gasteiger partial charge in [0, 0.05) is 25.6 Å². The Labute approximate surface area is 137 Å². The van der Waals surface area contributed by atoms with E-state index in [2.05, 4.69) is 31.0 Å². The summed E-state index contributed by atoms with van der Waals surface area (Å²) in [5.41, 5.74) is 3.08. The summed E-state index contributed by atoms with van der Waals surface area (Å²) >= 11 is 0. The second-order valence-electron chi connectivity index (χ2n) is 7.06. The van der Waals surface area contributed by atoms with Crippen LogP contribution in [0, 0.1) is 12.8 Å². The molecule has 0 aromatic carbocycles. The van der Waals surface area contributed by atoms with Gasteiger partial charge in [0.25, 0.3) is 0 Å². The van der Waals surface area contributed by atoms with Crippen LogP contribution in [0.25, 0.3) is 11.0 Å². The molecule has 6 heteroatoms. The van der Waals surface area contributed by atoms with E-state index in [0.717, 1.165) is 36.2 Å². The number of piperidine rings is 1. The molecule has 0 spiro atoms. The number of nitrogens with zero attached hydrogens (tertiary/aromatic N) is 5. The average Bonchev–Trinajstić information content (AvgIpc) is 3.06. The summed E-state index contributed by atoms with van der Waals surface area (Å²) in [6, 6.07) is 0.306. The Morgan fingerprint density at radius 2 is 2.22 bits per heavy atom. The van der Waals surface area contributed by atoms with Gasteiger partial charge >= 0.3 is 0 Å². The van der Waals surface area contributed by atoms with Crippen molar-refractivity contribution in [3.05, 3.63) is 11.9 Å². The second-order valence-corrected chi connectivity index (χ2v) is 7.06. The van der Waals surface area contributed by atoms with Crippen molar-refractivity contribution >= 4 is 16.9 Å². The molecular formula is C17H27N5O. The number of amides is 1. The lowest BCUT2D eigenvalue weighted by molar-refractivity contribution is -0.133. The Bertz CT molecular complexity index is 699. The molecule has 6 nitrogen and oxygen atoms in total. The highest BCUT2D eigenvalue weighted by Gasteiger charge is 2.21. The smallest absolute Gasteiger partial charge is 0.224 e. The lowest BCUT2D eigenvalue weighted by Gasteiger charge is -2.31. The fourth-order valence-corrected chi connectivity index (χ4v) is 3.52. The summed E-state index contributed by atoms with van der Waals surface area (Å²) in [5, 5.41) is 9.07. The van der Waals surface area contributed by atoms with E-state index in [9.17, 15) is 4.79 Å². The SMILES string of the molecule is Cc1nn(C(C)C)c2cnn(CCC(=O)N3CCCC(C)C3)c12. The van der Waals surface area contributed by atoms with E-state index in [1.165, 1.54) is 6.42 Å². The fraction of sp³-hybridized carbons (Fsp3) is 0.706. The summed E-state index contributed by atoms with van der Waals surface area (Å²) < 4.78 is 3.93. The van der Waals surface area contributed by atoms with Crippen LogP contribution >= 0.6 is 0 Å². The molecule has 2 aromatic rings. The Morgan fingerprint density at radius 3 is 2.91 bits per heavy atom. The van der Waals surface area contributed by atoms with Gasteiger partial charge in [-0.05, 0) is 39.5 Å². The third-order valence-electron chi connectivity index (χ3n) is 4.70. The Morgan fingerprint density at radius 1 is 1.43 bits per heavy atom. The van der Waals surface area contributed by atoms with Crippen molar-refractivity contribution in [1.82, 2.24) is 24.5 Å². The third-order valence-corrected chi connectivity index (χ3v) is 4.70. The fourth-order valence-electron chi connectivity index (χ4n) is 3.52. The highest BCUT2D eigenvalue weighted by atomic mass is 16.2. The molecule has 1 saturated heterocycles. The maximum Gasteiger partial charge on any atom is 0.224 e. The molecule has 3 heterocycles. The molecule has 1 amide bonds. The number of hydrogen-bond donors (Lipinski definition) is 0. The van der Waals surface area contributed by atoms with Gasteiger partial charge in [-0.25, -0.2) is 0 Å². The summed E-state index contributed by atoms with van der Waals surface area (Å²) in [7, 11) is 0. The van der Waals surface area contributed by atoms with E-state index in [4.69, 9.17) is 0 Å². The van der Waals surface area contributed by atoms with Gasteiger partial charge in [0.2, 0.25) is 5.91 Å². The van der Waals surface area contributed by atoms with Gasteiger partial charge in [0.05, 0.1) is 18.4 Å². The maximum atomic E-state index is 12.4. The van der Waals surface area contributed by atoms with Crippen LogP contribution in [-0.2, 0) is 11.3 Å². The molecule has 0 N–H and O–H groups in total. The lowest BCUT2D eigenvalue weighted by Crippen LogP contribution is -2.39. The maximum absolute atomic E-state index is 12.4. The number of aromatic nitrogens is 4. The van der Waals surface area contributed by atoms with E-state index in [1.807, 2.05) is 27.4 Å².